The molecule has 2 rings (SSSR count). The zero-order chi connectivity index (χ0) is 17.9. The summed E-state index contributed by atoms with van der Waals surface area (Å²) in [7, 11) is 5.70. The molecule has 0 aliphatic carbocycles. The predicted molar refractivity (Wildman–Crippen MR) is 95.8 cm³/mol. The molecule has 0 bridgehead atoms. The molecule has 24 heavy (non-hydrogen) atoms. The maximum absolute atomic E-state index is 12.7. The largest absolute Gasteiger partial charge is 0.383 e. The standard InChI is InChI=1S/C19H28N3O2/c1-14-11-18(16(3)22(14)15(2)13-24-6)19(23)12-21-9-7-17(8-10-21)20(4)5/h7-11,15H,12-13H2,1-6H3/q+1/t15-/m1/s1. The third-order valence-corrected chi connectivity index (χ3v) is 4.35. The lowest BCUT2D eigenvalue weighted by Crippen LogP contribution is -2.37. The fourth-order valence-corrected chi connectivity index (χ4v) is 3.16. The number of carbonyl (C=O) groups excluding carboxylic acids is 1. The number of anilines is 1. The van der Waals surface area contributed by atoms with E-state index in [4.69, 9.17) is 4.74 Å². The highest BCUT2D eigenvalue weighted by atomic mass is 16.5. The third-order valence-electron chi connectivity index (χ3n) is 4.35. The maximum Gasteiger partial charge on any atom is 0.229 e. The Morgan fingerprint density at radius 1 is 1.29 bits per heavy atom. The first-order valence-corrected chi connectivity index (χ1v) is 8.22. The molecule has 0 amide bonds. The summed E-state index contributed by atoms with van der Waals surface area (Å²) in [6, 6.07) is 6.22. The number of ether oxygens (including phenoxy) is 1. The van der Waals surface area contributed by atoms with E-state index in [1.807, 2.05) is 68.0 Å². The number of nitrogens with zero attached hydrogens (tertiary/aromatic N) is 3. The van der Waals surface area contributed by atoms with E-state index in [-0.39, 0.29) is 11.8 Å². The van der Waals surface area contributed by atoms with E-state index in [0.29, 0.717) is 13.2 Å². The second-order valence-corrected chi connectivity index (χ2v) is 6.51. The van der Waals surface area contributed by atoms with Gasteiger partial charge < -0.3 is 14.2 Å². The highest BCUT2D eigenvalue weighted by Crippen LogP contribution is 2.21. The molecule has 0 unspecified atom stereocenters. The van der Waals surface area contributed by atoms with Crippen LogP contribution in [0.15, 0.2) is 30.6 Å². The third kappa shape index (κ3) is 3.85. The summed E-state index contributed by atoms with van der Waals surface area (Å²) in [4.78, 5) is 14.8. The summed E-state index contributed by atoms with van der Waals surface area (Å²) in [6.07, 6.45) is 3.89. The van der Waals surface area contributed by atoms with Gasteiger partial charge in [-0.15, -0.1) is 0 Å². The van der Waals surface area contributed by atoms with Gasteiger partial charge in [-0.05, 0) is 26.8 Å². The molecule has 5 nitrogen and oxygen atoms in total. The summed E-state index contributed by atoms with van der Waals surface area (Å²) < 4.78 is 9.34. The number of aryl methyl sites for hydroxylation is 1. The Morgan fingerprint density at radius 2 is 1.92 bits per heavy atom. The van der Waals surface area contributed by atoms with Crippen LogP contribution in [-0.4, -0.2) is 38.2 Å². The highest BCUT2D eigenvalue weighted by molar-refractivity contribution is 5.96. The van der Waals surface area contributed by atoms with Gasteiger partial charge in [0.05, 0.1) is 12.6 Å². The Morgan fingerprint density at radius 3 is 2.46 bits per heavy atom. The molecule has 2 heterocycles. The fraction of sp³-hybridized carbons (Fsp3) is 0.474. The average molecular weight is 330 g/mol. The number of rotatable bonds is 7. The van der Waals surface area contributed by atoms with Gasteiger partial charge in [0.2, 0.25) is 12.3 Å². The molecule has 130 valence electrons. The summed E-state index contributed by atoms with van der Waals surface area (Å²) in [5.74, 6) is 0.126. The van der Waals surface area contributed by atoms with Crippen molar-refractivity contribution in [2.24, 2.45) is 0 Å². The van der Waals surface area contributed by atoms with Crippen molar-refractivity contribution in [2.45, 2.75) is 33.4 Å². The number of ketones is 1. The van der Waals surface area contributed by atoms with Gasteiger partial charge in [-0.1, -0.05) is 0 Å². The summed E-state index contributed by atoms with van der Waals surface area (Å²) in [5, 5.41) is 0. The normalized spacial score (nSPS) is 12.2. The van der Waals surface area contributed by atoms with Gasteiger partial charge in [0.1, 0.15) is 0 Å². The lowest BCUT2D eigenvalue weighted by Gasteiger charge is -2.17. The zero-order valence-electron chi connectivity index (χ0n) is 15.5. The molecule has 5 heteroatoms. The molecule has 0 saturated heterocycles. The molecule has 0 fully saturated rings. The van der Waals surface area contributed by atoms with Crippen molar-refractivity contribution in [2.75, 3.05) is 32.7 Å². The number of hydrogen-bond acceptors (Lipinski definition) is 3. The van der Waals surface area contributed by atoms with E-state index < -0.39 is 0 Å². The second kappa shape index (κ2) is 7.62. The number of Topliss-reactive ketones (excluding diaryl/α,β-unsaturated/α-hetero) is 1. The first-order chi connectivity index (χ1) is 11.3. The van der Waals surface area contributed by atoms with Crippen molar-refractivity contribution >= 4 is 11.5 Å². The summed E-state index contributed by atoms with van der Waals surface area (Å²) in [6.45, 7) is 7.12. The van der Waals surface area contributed by atoms with E-state index in [2.05, 4.69) is 11.5 Å². The minimum absolute atomic E-state index is 0.126. The first-order valence-electron chi connectivity index (χ1n) is 8.22. The number of methoxy groups -OCH3 is 1. The SMILES string of the molecule is COC[C@@H](C)n1c(C)cc(C(=O)C[n+]2ccc(N(C)C)cc2)c1C. The Kier molecular flexibility index (Phi) is 5.78. The van der Waals surface area contributed by atoms with Crippen LogP contribution < -0.4 is 9.47 Å². The number of hydrogen-bond donors (Lipinski definition) is 0. The minimum atomic E-state index is 0.126. The van der Waals surface area contributed by atoms with Gasteiger partial charge in [0.25, 0.3) is 0 Å². The molecule has 0 radical (unpaired) electrons. The Bertz CT molecular complexity index is 702. The topological polar surface area (TPSA) is 38.4 Å². The number of aromatic nitrogens is 2. The Labute approximate surface area is 144 Å². The lowest BCUT2D eigenvalue weighted by molar-refractivity contribution is -0.683. The average Bonchev–Trinajstić information content (AvgIpc) is 2.83. The smallest absolute Gasteiger partial charge is 0.229 e. The monoisotopic (exact) mass is 330 g/mol. The van der Waals surface area contributed by atoms with E-state index in [9.17, 15) is 4.79 Å². The molecule has 2 aromatic rings. The molecular weight excluding hydrogens is 302 g/mol. The Hall–Kier alpha value is -2.14. The maximum atomic E-state index is 12.7. The van der Waals surface area contributed by atoms with Crippen LogP contribution in [0.3, 0.4) is 0 Å². The van der Waals surface area contributed by atoms with Gasteiger partial charge in [0, 0.05) is 56.0 Å². The molecule has 0 saturated carbocycles. The molecule has 0 N–H and O–H groups in total. The van der Waals surface area contributed by atoms with Crippen LogP contribution in [0.2, 0.25) is 0 Å². The predicted octanol–water partition coefficient (Wildman–Crippen LogP) is 2.55. The van der Waals surface area contributed by atoms with Crippen LogP contribution >= 0.6 is 0 Å². The van der Waals surface area contributed by atoms with Gasteiger partial charge in [-0.3, -0.25) is 4.79 Å². The second-order valence-electron chi connectivity index (χ2n) is 6.51. The summed E-state index contributed by atoms with van der Waals surface area (Å²) in [5.41, 5.74) is 4.01. The van der Waals surface area contributed by atoms with Crippen molar-refractivity contribution < 1.29 is 14.1 Å². The molecule has 0 aliphatic rings. The van der Waals surface area contributed by atoms with Crippen LogP contribution in [0.4, 0.5) is 5.69 Å². The lowest BCUT2D eigenvalue weighted by atomic mass is 10.1. The number of pyridine rings is 1. The first kappa shape index (κ1) is 18.2. The van der Waals surface area contributed by atoms with Crippen LogP contribution in [0.25, 0.3) is 0 Å². The van der Waals surface area contributed by atoms with Gasteiger partial charge in [0.15, 0.2) is 12.4 Å². The van der Waals surface area contributed by atoms with Crippen LogP contribution in [0.5, 0.6) is 0 Å². The molecule has 1 atom stereocenters. The van der Waals surface area contributed by atoms with Crippen molar-refractivity contribution in [1.29, 1.82) is 0 Å². The van der Waals surface area contributed by atoms with E-state index in [1.165, 1.54) is 0 Å². The molecular formula is C19H28N3O2+. The summed E-state index contributed by atoms with van der Waals surface area (Å²) >= 11 is 0. The minimum Gasteiger partial charge on any atom is -0.383 e. The quantitative estimate of drug-likeness (QED) is 0.578. The molecule has 2 aromatic heterocycles. The van der Waals surface area contributed by atoms with Crippen LogP contribution in [-0.2, 0) is 11.3 Å². The zero-order valence-corrected chi connectivity index (χ0v) is 15.5. The van der Waals surface area contributed by atoms with E-state index in [0.717, 1.165) is 22.6 Å². The highest BCUT2D eigenvalue weighted by Gasteiger charge is 2.21. The van der Waals surface area contributed by atoms with Gasteiger partial charge in [-0.25, -0.2) is 0 Å². The van der Waals surface area contributed by atoms with Gasteiger partial charge in [-0.2, -0.15) is 4.57 Å². The van der Waals surface area contributed by atoms with Crippen molar-refractivity contribution in [3.8, 4) is 0 Å². The fourth-order valence-electron chi connectivity index (χ4n) is 3.16. The van der Waals surface area contributed by atoms with Crippen molar-refractivity contribution in [3.63, 3.8) is 0 Å². The molecule has 0 aliphatic heterocycles. The number of carbonyl (C=O) groups is 1. The van der Waals surface area contributed by atoms with E-state index in [1.54, 1.807) is 7.11 Å². The molecule has 0 aromatic carbocycles. The van der Waals surface area contributed by atoms with Crippen LogP contribution in [0.1, 0.15) is 34.7 Å². The Balaban J connectivity index is 2.19. The van der Waals surface area contributed by atoms with E-state index >= 15 is 0 Å². The van der Waals surface area contributed by atoms with Crippen molar-refractivity contribution in [3.05, 3.63) is 47.5 Å². The van der Waals surface area contributed by atoms with Crippen LogP contribution in [0, 0.1) is 13.8 Å². The van der Waals surface area contributed by atoms with Crippen molar-refractivity contribution in [1.82, 2.24) is 4.57 Å². The molecule has 0 spiro atoms. The van der Waals surface area contributed by atoms with Gasteiger partial charge >= 0.3 is 0 Å².